The fourth-order valence-electron chi connectivity index (χ4n) is 3.28. The Kier molecular flexibility index (Phi) is 5.45. The van der Waals surface area contributed by atoms with E-state index in [1.807, 2.05) is 88.4 Å². The van der Waals surface area contributed by atoms with Crippen molar-refractivity contribution in [3.05, 3.63) is 66.3 Å². The van der Waals surface area contributed by atoms with E-state index in [2.05, 4.69) is 0 Å². The number of methoxy groups -OCH3 is 1. The van der Waals surface area contributed by atoms with Crippen LogP contribution in [-0.2, 0) is 18.8 Å². The lowest BCUT2D eigenvalue weighted by Crippen LogP contribution is -2.41. The molecular formula is C22H27BO4. The number of esters is 1. The molecule has 27 heavy (non-hydrogen) atoms. The standard InChI is InChI=1S/C22H27BO4/c1-21(2)22(3,4)27-23(26-21)18-14-12-17(13-15-18)19(20(24)25-5)16-10-8-6-7-9-11-16/h6-16,19H,1-5H3/t19-/m1/s1. The van der Waals surface area contributed by atoms with Gasteiger partial charge in [-0.25, -0.2) is 0 Å². The van der Waals surface area contributed by atoms with Gasteiger partial charge in [-0.1, -0.05) is 60.7 Å². The van der Waals surface area contributed by atoms with Crippen molar-refractivity contribution in [1.29, 1.82) is 0 Å². The molecule has 0 bridgehead atoms. The molecule has 0 unspecified atom stereocenters. The van der Waals surface area contributed by atoms with Crippen molar-refractivity contribution in [3.63, 3.8) is 0 Å². The molecule has 142 valence electrons. The van der Waals surface area contributed by atoms with Crippen LogP contribution in [0.3, 0.4) is 0 Å². The lowest BCUT2D eigenvalue weighted by atomic mass is 9.77. The van der Waals surface area contributed by atoms with Gasteiger partial charge in [0.05, 0.1) is 24.2 Å². The molecule has 5 heteroatoms. The molecule has 1 aromatic carbocycles. The first-order valence-electron chi connectivity index (χ1n) is 9.30. The monoisotopic (exact) mass is 366 g/mol. The van der Waals surface area contributed by atoms with E-state index >= 15 is 0 Å². The van der Waals surface area contributed by atoms with Gasteiger partial charge in [0, 0.05) is 5.92 Å². The minimum absolute atomic E-state index is 0.0600. The number of allylic oxidation sites excluding steroid dienone is 6. The molecule has 1 atom stereocenters. The molecule has 1 heterocycles. The summed E-state index contributed by atoms with van der Waals surface area (Å²) in [6.45, 7) is 8.14. The van der Waals surface area contributed by atoms with Gasteiger partial charge in [0.1, 0.15) is 0 Å². The molecule has 0 N–H and O–H groups in total. The van der Waals surface area contributed by atoms with Crippen LogP contribution < -0.4 is 5.46 Å². The molecule has 4 nitrogen and oxygen atoms in total. The number of hydrogen-bond acceptors (Lipinski definition) is 4. The predicted molar refractivity (Wildman–Crippen MR) is 108 cm³/mol. The summed E-state index contributed by atoms with van der Waals surface area (Å²) in [4.78, 5) is 12.5. The number of rotatable bonds is 4. The molecule has 0 saturated carbocycles. The molecule has 1 aliphatic carbocycles. The Balaban J connectivity index is 1.85. The van der Waals surface area contributed by atoms with Gasteiger partial charge in [-0.2, -0.15) is 0 Å². The van der Waals surface area contributed by atoms with Gasteiger partial charge in [-0.3, -0.25) is 4.79 Å². The first-order chi connectivity index (χ1) is 12.7. The zero-order chi connectivity index (χ0) is 19.7. The van der Waals surface area contributed by atoms with E-state index in [-0.39, 0.29) is 23.1 Å². The van der Waals surface area contributed by atoms with Gasteiger partial charge in [0.15, 0.2) is 0 Å². The van der Waals surface area contributed by atoms with Crippen molar-refractivity contribution in [2.24, 2.45) is 5.92 Å². The minimum atomic E-state index is -0.414. The van der Waals surface area contributed by atoms with Gasteiger partial charge in [-0.15, -0.1) is 0 Å². The largest absolute Gasteiger partial charge is 0.494 e. The van der Waals surface area contributed by atoms with Crippen molar-refractivity contribution in [2.45, 2.75) is 44.8 Å². The highest BCUT2D eigenvalue weighted by molar-refractivity contribution is 6.62. The summed E-state index contributed by atoms with van der Waals surface area (Å²) in [5.74, 6) is -0.704. The third-order valence-corrected chi connectivity index (χ3v) is 5.66. The van der Waals surface area contributed by atoms with Crippen molar-refractivity contribution in [2.75, 3.05) is 7.11 Å². The molecule has 0 spiro atoms. The van der Waals surface area contributed by atoms with Crippen LogP contribution in [0.2, 0.25) is 0 Å². The smallest absolute Gasteiger partial charge is 0.469 e. The zero-order valence-electron chi connectivity index (χ0n) is 16.6. The molecule has 3 rings (SSSR count). The maximum atomic E-state index is 12.5. The van der Waals surface area contributed by atoms with Crippen LogP contribution >= 0.6 is 0 Å². The predicted octanol–water partition coefficient (Wildman–Crippen LogP) is 3.54. The van der Waals surface area contributed by atoms with Crippen LogP contribution in [0.25, 0.3) is 0 Å². The zero-order valence-corrected chi connectivity index (χ0v) is 16.6. The second kappa shape index (κ2) is 7.49. The summed E-state index contributed by atoms with van der Waals surface area (Å²) in [5, 5.41) is 0. The topological polar surface area (TPSA) is 44.8 Å². The molecule has 1 fully saturated rings. The Morgan fingerprint density at radius 3 is 1.96 bits per heavy atom. The molecule has 0 aromatic heterocycles. The first-order valence-corrected chi connectivity index (χ1v) is 9.30. The quantitative estimate of drug-likeness (QED) is 0.604. The average molecular weight is 366 g/mol. The summed E-state index contributed by atoms with van der Waals surface area (Å²) in [6, 6.07) is 7.86. The van der Waals surface area contributed by atoms with Crippen molar-refractivity contribution >= 4 is 18.6 Å². The van der Waals surface area contributed by atoms with Crippen molar-refractivity contribution in [1.82, 2.24) is 0 Å². The second-order valence-corrected chi connectivity index (χ2v) is 7.99. The first kappa shape index (κ1) is 19.7. The third-order valence-electron chi connectivity index (χ3n) is 5.66. The molecule has 2 aliphatic rings. The summed E-state index contributed by atoms with van der Waals surface area (Å²) in [5.41, 5.74) is 1.08. The maximum Gasteiger partial charge on any atom is 0.494 e. The number of hydrogen-bond donors (Lipinski definition) is 0. The van der Waals surface area contributed by atoms with Gasteiger partial charge in [0.2, 0.25) is 0 Å². The number of carbonyl (C=O) groups is 1. The summed E-state index contributed by atoms with van der Waals surface area (Å²) in [6.07, 6.45) is 11.9. The van der Waals surface area contributed by atoms with Gasteiger partial charge in [0.25, 0.3) is 0 Å². The Morgan fingerprint density at radius 1 is 0.963 bits per heavy atom. The van der Waals surface area contributed by atoms with Gasteiger partial charge >= 0.3 is 13.1 Å². The van der Waals surface area contributed by atoms with Gasteiger partial charge < -0.3 is 14.0 Å². The molecule has 0 amide bonds. The molecule has 1 saturated heterocycles. The van der Waals surface area contributed by atoms with Crippen LogP contribution in [0.1, 0.15) is 39.2 Å². The van der Waals surface area contributed by atoms with Crippen LogP contribution in [0.5, 0.6) is 0 Å². The highest BCUT2D eigenvalue weighted by atomic mass is 16.7. The average Bonchev–Trinajstić information content (AvgIpc) is 2.80. The molecular weight excluding hydrogens is 339 g/mol. The van der Waals surface area contributed by atoms with Crippen molar-refractivity contribution in [3.8, 4) is 0 Å². The van der Waals surface area contributed by atoms with E-state index in [4.69, 9.17) is 14.0 Å². The fraction of sp³-hybridized carbons (Fsp3) is 0.409. The maximum absolute atomic E-state index is 12.5. The summed E-state index contributed by atoms with van der Waals surface area (Å²) < 4.78 is 17.3. The van der Waals surface area contributed by atoms with Crippen LogP contribution in [0.15, 0.2) is 60.7 Å². The van der Waals surface area contributed by atoms with Gasteiger partial charge in [-0.05, 0) is 38.7 Å². The highest BCUT2D eigenvalue weighted by Crippen LogP contribution is 2.36. The normalized spacial score (nSPS) is 21.9. The van der Waals surface area contributed by atoms with Crippen LogP contribution in [-0.4, -0.2) is 31.4 Å². The lowest BCUT2D eigenvalue weighted by Gasteiger charge is -2.32. The Bertz CT molecular complexity index is 742. The Hall–Kier alpha value is -2.11. The summed E-state index contributed by atoms with van der Waals surface area (Å²) in [7, 11) is 1.01. The Labute approximate surface area is 162 Å². The number of benzene rings is 1. The van der Waals surface area contributed by atoms with E-state index in [1.165, 1.54) is 7.11 Å². The molecule has 1 aliphatic heterocycles. The molecule has 0 radical (unpaired) electrons. The lowest BCUT2D eigenvalue weighted by molar-refractivity contribution is -0.143. The second-order valence-electron chi connectivity index (χ2n) is 7.99. The number of ether oxygens (including phenoxy) is 1. The molecule has 1 aromatic rings. The highest BCUT2D eigenvalue weighted by Gasteiger charge is 2.51. The van der Waals surface area contributed by atoms with E-state index in [0.29, 0.717) is 0 Å². The van der Waals surface area contributed by atoms with E-state index in [9.17, 15) is 4.79 Å². The Morgan fingerprint density at radius 2 is 1.48 bits per heavy atom. The number of carbonyl (C=O) groups excluding carboxylic acids is 1. The van der Waals surface area contributed by atoms with Crippen LogP contribution in [0.4, 0.5) is 0 Å². The van der Waals surface area contributed by atoms with Crippen molar-refractivity contribution < 1.29 is 18.8 Å². The summed E-state index contributed by atoms with van der Waals surface area (Å²) >= 11 is 0. The third kappa shape index (κ3) is 3.94. The van der Waals surface area contributed by atoms with E-state index < -0.39 is 13.0 Å². The van der Waals surface area contributed by atoms with Crippen LogP contribution in [0, 0.1) is 5.92 Å². The SMILES string of the molecule is COC(=O)[C@@H](c1ccc(B2OC(C)(C)C(C)(C)O2)cc1)C1C=CC=CC=C1. The fourth-order valence-corrected chi connectivity index (χ4v) is 3.28. The van der Waals surface area contributed by atoms with E-state index in [1.54, 1.807) is 0 Å². The minimum Gasteiger partial charge on any atom is -0.469 e. The van der Waals surface area contributed by atoms with E-state index in [0.717, 1.165) is 11.0 Å².